The zero-order valence-electron chi connectivity index (χ0n) is 20.2. The maximum atomic E-state index is 13.3. The van der Waals surface area contributed by atoms with Gasteiger partial charge in [-0.3, -0.25) is 9.59 Å². The highest BCUT2D eigenvalue weighted by Gasteiger charge is 2.27. The minimum atomic E-state index is -3.65. The maximum Gasteiger partial charge on any atom is 0.242 e. The number of rotatable bonds is 12. The van der Waals surface area contributed by atoms with E-state index in [1.807, 2.05) is 13.8 Å². The highest BCUT2D eigenvalue weighted by Crippen LogP contribution is 2.16. The van der Waals surface area contributed by atoms with Crippen molar-refractivity contribution in [1.82, 2.24) is 14.5 Å². The van der Waals surface area contributed by atoms with Crippen molar-refractivity contribution in [3.05, 3.63) is 66.0 Å². The van der Waals surface area contributed by atoms with E-state index in [4.69, 9.17) is 0 Å². The summed E-state index contributed by atoms with van der Waals surface area (Å²) in [6, 6.07) is 13.1. The number of hydrogen-bond donors (Lipinski definition) is 1. The van der Waals surface area contributed by atoms with Gasteiger partial charge in [0.15, 0.2) is 0 Å². The zero-order valence-corrected chi connectivity index (χ0v) is 21.0. The highest BCUT2D eigenvalue weighted by atomic mass is 32.2. The number of nitrogens with zero attached hydrogens (tertiary/aromatic N) is 2. The third-order valence-corrected chi connectivity index (χ3v) is 7.62. The van der Waals surface area contributed by atoms with Crippen molar-refractivity contribution in [3.63, 3.8) is 0 Å². The van der Waals surface area contributed by atoms with Gasteiger partial charge in [0, 0.05) is 32.6 Å². The third-order valence-electron chi connectivity index (χ3n) is 5.75. The van der Waals surface area contributed by atoms with E-state index in [1.54, 1.807) is 37.3 Å². The van der Waals surface area contributed by atoms with Crippen molar-refractivity contribution >= 4 is 21.8 Å². The fourth-order valence-electron chi connectivity index (χ4n) is 3.32. The molecule has 186 valence electrons. The van der Waals surface area contributed by atoms with Crippen LogP contribution >= 0.6 is 0 Å². The van der Waals surface area contributed by atoms with Crippen LogP contribution in [0.2, 0.25) is 0 Å². The molecule has 0 fully saturated rings. The van der Waals surface area contributed by atoms with Gasteiger partial charge in [-0.1, -0.05) is 37.3 Å². The lowest BCUT2D eigenvalue weighted by Crippen LogP contribution is -2.49. The Morgan fingerprint density at radius 1 is 1.03 bits per heavy atom. The number of carbonyl (C=O) groups excluding carboxylic acids is 2. The molecule has 0 aliphatic rings. The summed E-state index contributed by atoms with van der Waals surface area (Å²) in [5.41, 5.74) is 0.696. The van der Waals surface area contributed by atoms with Gasteiger partial charge >= 0.3 is 0 Å². The number of nitrogens with one attached hydrogen (secondary N) is 1. The first kappa shape index (κ1) is 27.5. The predicted molar refractivity (Wildman–Crippen MR) is 130 cm³/mol. The fraction of sp³-hybridized carbons (Fsp3) is 0.440. The Balaban J connectivity index is 2.08. The maximum absolute atomic E-state index is 13.3. The van der Waals surface area contributed by atoms with E-state index in [0.29, 0.717) is 12.0 Å². The predicted octanol–water partition coefficient (Wildman–Crippen LogP) is 3.56. The number of halogens is 1. The van der Waals surface area contributed by atoms with Crippen molar-refractivity contribution in [3.8, 4) is 0 Å². The Hall–Kier alpha value is -2.78. The SMILES string of the molecule is CC[C@@H](C)NC(=O)[C@H](C)N(Cc1ccc(F)cc1)C(=O)CCCN(C)S(=O)(=O)c1ccccc1. The second-order valence-corrected chi connectivity index (χ2v) is 10.4. The van der Waals surface area contributed by atoms with E-state index in [9.17, 15) is 22.4 Å². The van der Waals surface area contributed by atoms with Crippen LogP contribution in [0.5, 0.6) is 0 Å². The minimum absolute atomic E-state index is 0.0328. The Bertz CT molecular complexity index is 1050. The molecule has 0 saturated carbocycles. The molecule has 7 nitrogen and oxygen atoms in total. The molecule has 0 spiro atoms. The highest BCUT2D eigenvalue weighted by molar-refractivity contribution is 7.89. The summed E-state index contributed by atoms with van der Waals surface area (Å²) in [6.45, 7) is 5.80. The van der Waals surface area contributed by atoms with Crippen LogP contribution in [0.1, 0.15) is 45.6 Å². The number of hydrogen-bond acceptors (Lipinski definition) is 4. The second kappa shape index (κ2) is 12.6. The molecule has 0 unspecified atom stereocenters. The normalized spacial score (nSPS) is 13.4. The van der Waals surface area contributed by atoms with Crippen molar-refractivity contribution in [2.45, 2.75) is 63.6 Å². The summed E-state index contributed by atoms with van der Waals surface area (Å²) in [4.78, 5) is 27.5. The van der Waals surface area contributed by atoms with E-state index in [-0.39, 0.29) is 48.1 Å². The lowest BCUT2D eigenvalue weighted by atomic mass is 10.1. The van der Waals surface area contributed by atoms with Gasteiger partial charge in [-0.15, -0.1) is 0 Å². The topological polar surface area (TPSA) is 86.8 Å². The molecule has 0 heterocycles. The molecule has 2 amide bonds. The van der Waals surface area contributed by atoms with Crippen LogP contribution in [0.15, 0.2) is 59.5 Å². The van der Waals surface area contributed by atoms with Crippen molar-refractivity contribution in [2.75, 3.05) is 13.6 Å². The van der Waals surface area contributed by atoms with Gasteiger partial charge in [-0.25, -0.2) is 17.1 Å². The molecule has 0 aliphatic heterocycles. The molecule has 1 N–H and O–H groups in total. The van der Waals surface area contributed by atoms with Gasteiger partial charge in [0.2, 0.25) is 21.8 Å². The molecule has 2 rings (SSSR count). The van der Waals surface area contributed by atoms with Crippen molar-refractivity contribution in [1.29, 1.82) is 0 Å². The van der Waals surface area contributed by atoms with Crippen LogP contribution in [-0.4, -0.2) is 55.1 Å². The zero-order chi connectivity index (χ0) is 25.3. The van der Waals surface area contributed by atoms with Gasteiger partial charge in [-0.2, -0.15) is 0 Å². The van der Waals surface area contributed by atoms with E-state index >= 15 is 0 Å². The molecule has 2 aromatic rings. The lowest BCUT2D eigenvalue weighted by molar-refractivity contribution is -0.141. The van der Waals surface area contributed by atoms with E-state index in [1.165, 1.54) is 40.5 Å². The largest absolute Gasteiger partial charge is 0.352 e. The number of sulfonamides is 1. The molecular weight excluding hydrogens is 457 g/mol. The van der Waals surface area contributed by atoms with Crippen LogP contribution in [0.25, 0.3) is 0 Å². The molecule has 0 saturated heterocycles. The number of benzene rings is 2. The second-order valence-electron chi connectivity index (χ2n) is 8.39. The van der Waals surface area contributed by atoms with Crippen molar-refractivity contribution in [2.24, 2.45) is 0 Å². The monoisotopic (exact) mass is 491 g/mol. The molecule has 0 aliphatic carbocycles. The van der Waals surface area contributed by atoms with Crippen LogP contribution in [0.3, 0.4) is 0 Å². The Morgan fingerprint density at radius 3 is 2.24 bits per heavy atom. The van der Waals surface area contributed by atoms with Crippen LogP contribution in [0, 0.1) is 5.82 Å². The molecule has 0 bridgehead atoms. The molecule has 0 radical (unpaired) electrons. The Labute approximate surface area is 202 Å². The molecule has 0 aromatic heterocycles. The first-order valence-corrected chi connectivity index (χ1v) is 12.9. The van der Waals surface area contributed by atoms with E-state index in [0.717, 1.165) is 6.42 Å². The summed E-state index contributed by atoms with van der Waals surface area (Å²) >= 11 is 0. The number of amides is 2. The average molecular weight is 492 g/mol. The van der Waals surface area contributed by atoms with Gasteiger partial charge in [-0.05, 0) is 56.5 Å². The Kier molecular flexibility index (Phi) is 10.2. The van der Waals surface area contributed by atoms with E-state index in [2.05, 4.69) is 5.32 Å². The molecule has 34 heavy (non-hydrogen) atoms. The first-order valence-electron chi connectivity index (χ1n) is 11.4. The van der Waals surface area contributed by atoms with Crippen LogP contribution in [-0.2, 0) is 26.2 Å². The Morgan fingerprint density at radius 2 is 1.65 bits per heavy atom. The summed E-state index contributed by atoms with van der Waals surface area (Å²) in [5, 5.41) is 2.89. The number of carbonyl (C=O) groups is 2. The van der Waals surface area contributed by atoms with Crippen molar-refractivity contribution < 1.29 is 22.4 Å². The van der Waals surface area contributed by atoms with E-state index < -0.39 is 16.1 Å². The molecular formula is C25H34FN3O4S. The first-order chi connectivity index (χ1) is 16.1. The molecule has 2 atom stereocenters. The summed E-state index contributed by atoms with van der Waals surface area (Å²) in [7, 11) is -2.17. The average Bonchev–Trinajstić information content (AvgIpc) is 2.83. The molecule has 9 heteroatoms. The minimum Gasteiger partial charge on any atom is -0.352 e. The standard InChI is InChI=1S/C25H34FN3O4S/c1-5-19(2)27-25(31)20(3)29(18-21-13-15-22(26)16-14-21)24(30)12-9-17-28(4)34(32,33)23-10-7-6-8-11-23/h6-8,10-11,13-16,19-20H,5,9,12,17-18H2,1-4H3,(H,27,31)/t19-,20+/m1/s1. The lowest BCUT2D eigenvalue weighted by Gasteiger charge is -2.30. The van der Waals surface area contributed by atoms with Gasteiger partial charge in [0.1, 0.15) is 11.9 Å². The van der Waals surface area contributed by atoms with Gasteiger partial charge in [0.25, 0.3) is 0 Å². The van der Waals surface area contributed by atoms with Crippen LogP contribution in [0.4, 0.5) is 4.39 Å². The summed E-state index contributed by atoms with van der Waals surface area (Å²) < 4.78 is 39.9. The summed E-state index contributed by atoms with van der Waals surface area (Å²) in [5.74, 6) is -0.929. The summed E-state index contributed by atoms with van der Waals surface area (Å²) in [6.07, 6.45) is 1.12. The van der Waals surface area contributed by atoms with Gasteiger partial charge in [0.05, 0.1) is 4.90 Å². The third kappa shape index (κ3) is 7.63. The quantitative estimate of drug-likeness (QED) is 0.492. The van der Waals surface area contributed by atoms with Gasteiger partial charge < -0.3 is 10.2 Å². The molecule has 2 aromatic carbocycles. The fourth-order valence-corrected chi connectivity index (χ4v) is 4.55. The van der Waals surface area contributed by atoms with Crippen LogP contribution < -0.4 is 5.32 Å². The smallest absolute Gasteiger partial charge is 0.242 e.